The zero-order chi connectivity index (χ0) is 23.4. The SMILES string of the molecule is CCOC(=O)CCN1C=C(C(C)C)[C@](C)(c2ccc(CCC(C)(C)C)c(Cl)c2)CC1=O. The van der Waals surface area contributed by atoms with Crippen LogP contribution in [0.1, 0.15) is 78.9 Å². The number of halogens is 1. The van der Waals surface area contributed by atoms with Crippen molar-refractivity contribution in [3.8, 4) is 0 Å². The van der Waals surface area contributed by atoms with Crippen LogP contribution in [-0.2, 0) is 26.2 Å². The summed E-state index contributed by atoms with van der Waals surface area (Å²) < 4.78 is 5.01. The molecule has 1 atom stereocenters. The molecule has 4 nitrogen and oxygen atoms in total. The molecule has 0 N–H and O–H groups in total. The van der Waals surface area contributed by atoms with Crippen LogP contribution in [0.2, 0.25) is 5.02 Å². The molecule has 172 valence electrons. The Morgan fingerprint density at radius 1 is 1.29 bits per heavy atom. The average Bonchev–Trinajstić information content (AvgIpc) is 2.65. The number of ether oxygens (including phenoxy) is 1. The van der Waals surface area contributed by atoms with Gasteiger partial charge in [0.2, 0.25) is 5.91 Å². The molecule has 1 heterocycles. The molecule has 0 spiro atoms. The molecule has 0 saturated heterocycles. The van der Waals surface area contributed by atoms with E-state index in [-0.39, 0.29) is 29.6 Å². The predicted molar refractivity (Wildman–Crippen MR) is 127 cm³/mol. The lowest BCUT2D eigenvalue weighted by Crippen LogP contribution is -2.42. The van der Waals surface area contributed by atoms with Crippen LogP contribution in [-0.4, -0.2) is 29.9 Å². The normalized spacial score (nSPS) is 19.6. The van der Waals surface area contributed by atoms with E-state index in [1.54, 1.807) is 11.8 Å². The number of benzene rings is 1. The maximum atomic E-state index is 13.0. The van der Waals surface area contributed by atoms with Gasteiger partial charge in [0.1, 0.15) is 0 Å². The number of nitrogens with zero attached hydrogens (tertiary/aromatic N) is 1. The van der Waals surface area contributed by atoms with Gasteiger partial charge in [-0.05, 0) is 53.9 Å². The second kappa shape index (κ2) is 10.2. The molecule has 1 amide bonds. The van der Waals surface area contributed by atoms with E-state index in [1.807, 2.05) is 12.3 Å². The fourth-order valence-corrected chi connectivity index (χ4v) is 4.46. The highest BCUT2D eigenvalue weighted by molar-refractivity contribution is 6.31. The molecule has 0 fully saturated rings. The monoisotopic (exact) mass is 447 g/mol. The molecular weight excluding hydrogens is 410 g/mol. The predicted octanol–water partition coefficient (Wildman–Crippen LogP) is 6.30. The van der Waals surface area contributed by atoms with E-state index >= 15 is 0 Å². The van der Waals surface area contributed by atoms with Crippen LogP contribution in [0.15, 0.2) is 30.0 Å². The average molecular weight is 448 g/mol. The highest BCUT2D eigenvalue weighted by Crippen LogP contribution is 2.43. The van der Waals surface area contributed by atoms with Crippen molar-refractivity contribution >= 4 is 23.5 Å². The molecule has 1 aromatic rings. The Morgan fingerprint density at radius 2 is 1.97 bits per heavy atom. The smallest absolute Gasteiger partial charge is 0.307 e. The van der Waals surface area contributed by atoms with Gasteiger partial charge in [-0.2, -0.15) is 0 Å². The number of esters is 1. The van der Waals surface area contributed by atoms with Crippen molar-refractivity contribution in [2.75, 3.05) is 13.2 Å². The highest BCUT2D eigenvalue weighted by Gasteiger charge is 2.40. The molecule has 0 unspecified atom stereocenters. The van der Waals surface area contributed by atoms with Gasteiger partial charge in [-0.25, -0.2) is 0 Å². The van der Waals surface area contributed by atoms with Crippen molar-refractivity contribution in [1.29, 1.82) is 0 Å². The van der Waals surface area contributed by atoms with Gasteiger partial charge in [0.05, 0.1) is 13.0 Å². The number of aryl methyl sites for hydroxylation is 1. The zero-order valence-corrected chi connectivity index (χ0v) is 20.9. The number of carbonyl (C=O) groups excluding carboxylic acids is 2. The summed E-state index contributed by atoms with van der Waals surface area (Å²) in [5.41, 5.74) is 3.23. The summed E-state index contributed by atoms with van der Waals surface area (Å²) in [6.07, 6.45) is 4.50. The van der Waals surface area contributed by atoms with Gasteiger partial charge in [0.25, 0.3) is 0 Å². The largest absolute Gasteiger partial charge is 0.466 e. The van der Waals surface area contributed by atoms with E-state index in [0.717, 1.165) is 29.0 Å². The van der Waals surface area contributed by atoms with E-state index in [4.69, 9.17) is 16.3 Å². The Bertz CT molecular complexity index is 838. The van der Waals surface area contributed by atoms with Crippen LogP contribution in [0.4, 0.5) is 0 Å². The lowest BCUT2D eigenvalue weighted by Gasteiger charge is -2.41. The summed E-state index contributed by atoms with van der Waals surface area (Å²) >= 11 is 6.68. The molecule has 0 saturated carbocycles. The molecule has 2 rings (SSSR count). The lowest BCUT2D eigenvalue weighted by atomic mass is 9.68. The summed E-state index contributed by atoms with van der Waals surface area (Å²) in [5, 5.41) is 0.767. The third-order valence-corrected chi connectivity index (χ3v) is 6.43. The fourth-order valence-electron chi connectivity index (χ4n) is 4.18. The van der Waals surface area contributed by atoms with Crippen LogP contribution in [0, 0.1) is 11.3 Å². The first-order chi connectivity index (χ1) is 14.4. The second-order valence-electron chi connectivity index (χ2n) is 10.3. The first-order valence-electron chi connectivity index (χ1n) is 11.3. The maximum Gasteiger partial charge on any atom is 0.307 e. The summed E-state index contributed by atoms with van der Waals surface area (Å²) in [4.78, 5) is 26.4. The van der Waals surface area contributed by atoms with E-state index in [9.17, 15) is 9.59 Å². The minimum absolute atomic E-state index is 0.0177. The third kappa shape index (κ3) is 6.58. The molecular formula is C26H38ClNO3. The van der Waals surface area contributed by atoms with Crippen molar-refractivity contribution < 1.29 is 14.3 Å². The van der Waals surface area contributed by atoms with Crippen LogP contribution in [0.5, 0.6) is 0 Å². The van der Waals surface area contributed by atoms with Crippen molar-refractivity contribution in [3.63, 3.8) is 0 Å². The van der Waals surface area contributed by atoms with Gasteiger partial charge in [0.15, 0.2) is 0 Å². The molecule has 0 bridgehead atoms. The Labute approximate surface area is 193 Å². The van der Waals surface area contributed by atoms with Crippen LogP contribution < -0.4 is 0 Å². The summed E-state index contributed by atoms with van der Waals surface area (Å²) in [6, 6.07) is 6.28. The summed E-state index contributed by atoms with van der Waals surface area (Å²) in [7, 11) is 0. The Hall–Kier alpha value is -1.81. The van der Waals surface area contributed by atoms with E-state index in [2.05, 4.69) is 53.7 Å². The van der Waals surface area contributed by atoms with Gasteiger partial charge in [-0.1, -0.05) is 65.3 Å². The second-order valence-corrected chi connectivity index (χ2v) is 10.7. The number of hydrogen-bond acceptors (Lipinski definition) is 3. The molecule has 0 radical (unpaired) electrons. The van der Waals surface area contributed by atoms with Crippen molar-refractivity contribution in [1.82, 2.24) is 4.90 Å². The molecule has 0 aromatic heterocycles. The molecule has 1 aliphatic heterocycles. The molecule has 5 heteroatoms. The third-order valence-electron chi connectivity index (χ3n) is 6.08. The number of amides is 1. The van der Waals surface area contributed by atoms with Gasteiger partial charge in [-0.15, -0.1) is 0 Å². The number of carbonyl (C=O) groups is 2. The first-order valence-corrected chi connectivity index (χ1v) is 11.7. The Kier molecular flexibility index (Phi) is 8.38. The minimum atomic E-state index is -0.419. The molecule has 1 aliphatic rings. The first kappa shape index (κ1) is 25.5. The standard InChI is InChI=1S/C26H38ClNO3/c1-8-31-24(30)12-14-28-17-21(18(2)3)26(7,16-23(28)29)20-10-9-19(22(27)15-20)11-13-25(4,5)6/h9-10,15,17-18H,8,11-14,16H2,1-7H3/t26-/m0/s1. The van der Waals surface area contributed by atoms with Gasteiger partial charge in [0, 0.05) is 29.6 Å². The quantitative estimate of drug-likeness (QED) is 0.439. The zero-order valence-electron chi connectivity index (χ0n) is 20.2. The topological polar surface area (TPSA) is 46.6 Å². The number of hydrogen-bond donors (Lipinski definition) is 0. The Balaban J connectivity index is 2.30. The van der Waals surface area contributed by atoms with Gasteiger partial charge in [-0.3, -0.25) is 9.59 Å². The maximum absolute atomic E-state index is 13.0. The number of allylic oxidation sites excluding steroid dienone is 1. The van der Waals surface area contributed by atoms with Crippen molar-refractivity contribution in [3.05, 3.63) is 46.1 Å². The lowest BCUT2D eigenvalue weighted by molar-refractivity contribution is -0.143. The van der Waals surface area contributed by atoms with E-state index in [1.165, 1.54) is 5.57 Å². The van der Waals surface area contributed by atoms with E-state index < -0.39 is 5.41 Å². The summed E-state index contributed by atoms with van der Waals surface area (Å²) in [6.45, 7) is 15.6. The molecule has 1 aromatic carbocycles. The molecule has 31 heavy (non-hydrogen) atoms. The Morgan fingerprint density at radius 3 is 2.52 bits per heavy atom. The van der Waals surface area contributed by atoms with Gasteiger partial charge >= 0.3 is 5.97 Å². The highest BCUT2D eigenvalue weighted by atomic mass is 35.5. The van der Waals surface area contributed by atoms with Crippen molar-refractivity contribution in [2.45, 2.75) is 79.6 Å². The molecule has 0 aliphatic carbocycles. The van der Waals surface area contributed by atoms with E-state index in [0.29, 0.717) is 19.6 Å². The van der Waals surface area contributed by atoms with Crippen molar-refractivity contribution in [2.24, 2.45) is 11.3 Å². The number of rotatable bonds is 8. The van der Waals surface area contributed by atoms with Crippen LogP contribution >= 0.6 is 11.6 Å². The summed E-state index contributed by atoms with van der Waals surface area (Å²) in [5.74, 6) is -0.00701. The minimum Gasteiger partial charge on any atom is -0.466 e. The van der Waals surface area contributed by atoms with Gasteiger partial charge < -0.3 is 9.64 Å². The fraction of sp³-hybridized carbons (Fsp3) is 0.615. The van der Waals surface area contributed by atoms with Crippen LogP contribution in [0.3, 0.4) is 0 Å². The van der Waals surface area contributed by atoms with Crippen LogP contribution in [0.25, 0.3) is 0 Å².